The molecule has 1 aliphatic heterocycles. The summed E-state index contributed by atoms with van der Waals surface area (Å²) in [5.41, 5.74) is 0. The van der Waals surface area contributed by atoms with E-state index >= 15 is 0 Å². The van der Waals surface area contributed by atoms with E-state index in [1.807, 2.05) is 13.8 Å². The van der Waals surface area contributed by atoms with E-state index < -0.39 is 0 Å². The molecule has 0 unspecified atom stereocenters. The number of hydrogen-bond donors (Lipinski definition) is 0. The molecule has 0 radical (unpaired) electrons. The number of rotatable bonds is 3. The van der Waals surface area contributed by atoms with Crippen LogP contribution in [0.3, 0.4) is 0 Å². The molecular weight excluding hydrogens is 276 g/mol. The zero-order valence-electron chi connectivity index (χ0n) is 13.9. The molecule has 1 aromatic heterocycles. The van der Waals surface area contributed by atoms with Crippen LogP contribution in [0, 0.1) is 12.8 Å². The number of piperazine rings is 1. The minimum atomic E-state index is 0. The lowest BCUT2D eigenvalue weighted by atomic mass is 10.2. The van der Waals surface area contributed by atoms with Crippen LogP contribution in [0.5, 0.6) is 0 Å². The Morgan fingerprint density at radius 1 is 1.05 bits per heavy atom. The van der Waals surface area contributed by atoms with Crippen LogP contribution >= 0.6 is 0 Å². The highest BCUT2D eigenvalue weighted by atomic mass is 16.5. The van der Waals surface area contributed by atoms with Gasteiger partial charge in [0.15, 0.2) is 5.82 Å². The molecule has 0 aliphatic carbocycles. The van der Waals surface area contributed by atoms with Crippen LogP contribution in [0.4, 0.5) is 0 Å². The number of hydrogen-bond acceptors (Lipinski definition) is 5. The maximum Gasteiger partial charge on any atom is 0.223 e. The predicted octanol–water partition coefficient (Wildman–Crippen LogP) is 3.66. The molecule has 2 heterocycles. The Morgan fingerprint density at radius 3 is 1.91 bits per heavy atom. The van der Waals surface area contributed by atoms with Crippen LogP contribution in [-0.4, -0.2) is 59.7 Å². The summed E-state index contributed by atoms with van der Waals surface area (Å²) < 4.78 is 4.76. The van der Waals surface area contributed by atoms with Crippen LogP contribution < -0.4 is 0 Å². The Balaban J connectivity index is 0. The molecule has 22 heavy (non-hydrogen) atoms. The van der Waals surface area contributed by atoms with Crippen LogP contribution in [0.1, 0.15) is 60.2 Å². The molecule has 1 saturated heterocycles. The number of aromatic nitrogens is 2. The van der Waals surface area contributed by atoms with Crippen LogP contribution in [0.25, 0.3) is 0 Å². The van der Waals surface area contributed by atoms with E-state index in [1.54, 1.807) is 6.92 Å². The summed E-state index contributed by atoms with van der Waals surface area (Å²) in [6.07, 6.45) is 0. The Labute approximate surface area is 138 Å². The molecule has 1 aliphatic rings. The molecule has 132 valence electrons. The van der Waals surface area contributed by atoms with Gasteiger partial charge >= 0.3 is 0 Å². The minimum Gasteiger partial charge on any atom is -0.340 e. The molecule has 0 spiro atoms. The smallest absolute Gasteiger partial charge is 0.223 e. The minimum absolute atomic E-state index is 0. The second-order valence-corrected chi connectivity index (χ2v) is 6.32. The van der Waals surface area contributed by atoms with Crippen LogP contribution in [0.2, 0.25) is 0 Å². The van der Waals surface area contributed by atoms with Crippen molar-refractivity contribution in [2.75, 3.05) is 39.8 Å². The highest BCUT2D eigenvalue weighted by molar-refractivity contribution is 4.89. The first-order valence-corrected chi connectivity index (χ1v) is 7.59. The van der Waals surface area contributed by atoms with Gasteiger partial charge in [0.25, 0.3) is 0 Å². The standard InChI is InChI=1S/C9H20N2.C6H10N2O.2CH4/c1-9(2)8-11-6-4-10(3)5-7-11;1-4(2)6-7-5(3)9-8-6;;/h9H,4-8H2,1-3H3;4H,1-3H3;2*1H4. The second-order valence-electron chi connectivity index (χ2n) is 6.32. The highest BCUT2D eigenvalue weighted by Crippen LogP contribution is 2.08. The predicted molar refractivity (Wildman–Crippen MR) is 95.4 cm³/mol. The van der Waals surface area contributed by atoms with Crippen molar-refractivity contribution < 1.29 is 4.52 Å². The van der Waals surface area contributed by atoms with Crippen molar-refractivity contribution in [2.45, 2.75) is 55.4 Å². The first-order valence-electron chi connectivity index (χ1n) is 7.59. The second kappa shape index (κ2) is 11.6. The van der Waals surface area contributed by atoms with E-state index in [9.17, 15) is 0 Å². The normalized spacial score (nSPS) is 15.8. The maximum atomic E-state index is 4.76. The van der Waals surface area contributed by atoms with Gasteiger partial charge in [0.05, 0.1) is 0 Å². The van der Waals surface area contributed by atoms with E-state index in [-0.39, 0.29) is 14.9 Å². The van der Waals surface area contributed by atoms with E-state index in [2.05, 4.69) is 40.8 Å². The molecule has 5 nitrogen and oxygen atoms in total. The fourth-order valence-electron chi connectivity index (χ4n) is 2.10. The van der Waals surface area contributed by atoms with Crippen molar-refractivity contribution in [3.8, 4) is 0 Å². The fourth-order valence-corrected chi connectivity index (χ4v) is 2.10. The largest absolute Gasteiger partial charge is 0.340 e. The average molecular weight is 315 g/mol. The van der Waals surface area contributed by atoms with Gasteiger partial charge in [-0.3, -0.25) is 0 Å². The van der Waals surface area contributed by atoms with E-state index in [0.717, 1.165) is 11.7 Å². The maximum absolute atomic E-state index is 4.76. The van der Waals surface area contributed by atoms with Gasteiger partial charge in [-0.15, -0.1) is 0 Å². The number of aryl methyl sites for hydroxylation is 1. The zero-order valence-corrected chi connectivity index (χ0v) is 13.9. The number of likely N-dealkylation sites (N-methyl/N-ethyl adjacent to an activating group) is 1. The molecule has 1 aromatic rings. The molecular formula is C17H38N4O. The van der Waals surface area contributed by atoms with Gasteiger partial charge in [-0.25, -0.2) is 0 Å². The van der Waals surface area contributed by atoms with Crippen molar-refractivity contribution in [1.29, 1.82) is 0 Å². The highest BCUT2D eigenvalue weighted by Gasteiger charge is 2.13. The molecule has 5 heteroatoms. The lowest BCUT2D eigenvalue weighted by Gasteiger charge is -2.33. The first kappa shape index (κ1) is 23.3. The molecule has 0 saturated carbocycles. The average Bonchev–Trinajstić information content (AvgIpc) is 2.79. The van der Waals surface area contributed by atoms with Gasteiger partial charge in [-0.05, 0) is 13.0 Å². The molecule has 0 atom stereocenters. The summed E-state index contributed by atoms with van der Waals surface area (Å²) in [5, 5.41) is 3.73. The molecule has 2 rings (SSSR count). The van der Waals surface area contributed by atoms with Crippen molar-refractivity contribution in [3.05, 3.63) is 11.7 Å². The fraction of sp³-hybridized carbons (Fsp3) is 0.882. The van der Waals surface area contributed by atoms with Crippen molar-refractivity contribution in [3.63, 3.8) is 0 Å². The third-order valence-electron chi connectivity index (χ3n) is 3.28. The lowest BCUT2D eigenvalue weighted by Crippen LogP contribution is -2.45. The van der Waals surface area contributed by atoms with Crippen molar-refractivity contribution in [1.82, 2.24) is 19.9 Å². The molecule has 0 aromatic carbocycles. The van der Waals surface area contributed by atoms with E-state index in [1.165, 1.54) is 32.7 Å². The summed E-state index contributed by atoms with van der Waals surface area (Å²) in [6, 6.07) is 0. The Hall–Kier alpha value is -0.940. The zero-order chi connectivity index (χ0) is 15.1. The van der Waals surface area contributed by atoms with Gasteiger partial charge in [-0.1, -0.05) is 47.7 Å². The third kappa shape index (κ3) is 9.15. The van der Waals surface area contributed by atoms with Gasteiger partial charge in [0.2, 0.25) is 5.89 Å². The van der Waals surface area contributed by atoms with Crippen molar-refractivity contribution >= 4 is 0 Å². The molecule has 0 N–H and O–H groups in total. The van der Waals surface area contributed by atoms with Gasteiger partial charge in [-0.2, -0.15) is 4.98 Å². The summed E-state index contributed by atoms with van der Waals surface area (Å²) in [7, 11) is 2.20. The Morgan fingerprint density at radius 2 is 1.59 bits per heavy atom. The Bertz CT molecular complexity index is 368. The SMILES string of the molecule is C.C.CC(C)CN1CCN(C)CC1.Cc1nc(C(C)C)no1. The molecule has 0 bridgehead atoms. The Kier molecular flexibility index (Phi) is 12.3. The van der Waals surface area contributed by atoms with Crippen molar-refractivity contribution in [2.24, 2.45) is 5.92 Å². The van der Waals surface area contributed by atoms with Crippen LogP contribution in [0.15, 0.2) is 4.52 Å². The number of nitrogens with zero attached hydrogens (tertiary/aromatic N) is 4. The van der Waals surface area contributed by atoms with Gasteiger partial charge in [0.1, 0.15) is 0 Å². The van der Waals surface area contributed by atoms with Gasteiger partial charge < -0.3 is 14.3 Å². The van der Waals surface area contributed by atoms with Gasteiger partial charge in [0, 0.05) is 45.6 Å². The van der Waals surface area contributed by atoms with E-state index in [0.29, 0.717) is 11.8 Å². The van der Waals surface area contributed by atoms with Crippen LogP contribution in [-0.2, 0) is 0 Å². The monoisotopic (exact) mass is 314 g/mol. The third-order valence-corrected chi connectivity index (χ3v) is 3.28. The topological polar surface area (TPSA) is 45.4 Å². The summed E-state index contributed by atoms with van der Waals surface area (Å²) in [6.45, 7) is 16.7. The quantitative estimate of drug-likeness (QED) is 0.852. The van der Waals surface area contributed by atoms with E-state index in [4.69, 9.17) is 4.52 Å². The molecule has 0 amide bonds. The summed E-state index contributed by atoms with van der Waals surface area (Å²) >= 11 is 0. The summed E-state index contributed by atoms with van der Waals surface area (Å²) in [5.74, 6) is 2.60. The first-order chi connectivity index (χ1) is 9.38. The molecule has 1 fully saturated rings. The summed E-state index contributed by atoms with van der Waals surface area (Å²) in [4.78, 5) is 8.99. The lowest BCUT2D eigenvalue weighted by molar-refractivity contribution is 0.141.